The Balaban J connectivity index is 1.10. The van der Waals surface area contributed by atoms with E-state index in [0.29, 0.717) is 84.9 Å². The Hall–Kier alpha value is -5.70. The lowest BCUT2D eigenvalue weighted by Gasteiger charge is -2.40. The van der Waals surface area contributed by atoms with Crippen LogP contribution < -0.4 is 18.9 Å². The standard InChI is InChI=1S/C46H42O8/c1-3-45(25-49-26-45)29-51-35-19-13-33(14-20-35)43(47)53-39-23-17-31-9-5-7-11-37(31)41(39)42-38-12-8-6-10-32(38)18-24-40(42)54-44(48)34-15-21-36(22-16-34)52-30-46(4-2)27-50-28-46/h5-24H,3-4,25-30H2,1-2H3. The fourth-order valence-electron chi connectivity index (χ4n) is 6.91. The van der Waals surface area contributed by atoms with E-state index < -0.39 is 11.9 Å². The zero-order valence-electron chi connectivity index (χ0n) is 30.5. The van der Waals surface area contributed by atoms with Crippen LogP contribution in [0.4, 0.5) is 0 Å². The Morgan fingerprint density at radius 3 is 1.26 bits per heavy atom. The Labute approximate surface area is 314 Å². The summed E-state index contributed by atoms with van der Waals surface area (Å²) in [4.78, 5) is 27.5. The summed E-state index contributed by atoms with van der Waals surface area (Å²) in [6.07, 6.45) is 1.95. The number of benzene rings is 6. The maximum absolute atomic E-state index is 13.8. The first-order valence-corrected chi connectivity index (χ1v) is 18.5. The van der Waals surface area contributed by atoms with E-state index in [1.807, 2.05) is 60.7 Å². The van der Waals surface area contributed by atoms with Crippen molar-refractivity contribution < 1.29 is 38.0 Å². The summed E-state index contributed by atoms with van der Waals surface area (Å²) in [7, 11) is 0. The first-order valence-electron chi connectivity index (χ1n) is 18.5. The van der Waals surface area contributed by atoms with Gasteiger partial charge in [0.25, 0.3) is 0 Å². The van der Waals surface area contributed by atoms with Gasteiger partial charge >= 0.3 is 11.9 Å². The summed E-state index contributed by atoms with van der Waals surface area (Å²) in [5.41, 5.74) is 2.12. The van der Waals surface area contributed by atoms with E-state index in [-0.39, 0.29) is 10.8 Å². The predicted molar refractivity (Wildman–Crippen MR) is 208 cm³/mol. The Morgan fingerprint density at radius 2 is 0.907 bits per heavy atom. The summed E-state index contributed by atoms with van der Waals surface area (Å²) in [6.45, 7) is 8.16. The SMILES string of the molecule is CCC1(COc2ccc(C(=O)Oc3ccc4ccccc4c3-c3c(OC(=O)c4ccc(OCC5(CC)COC5)cc4)ccc4ccccc34)cc2)COC1. The number of rotatable bonds is 13. The monoisotopic (exact) mass is 722 g/mol. The number of ether oxygens (including phenoxy) is 6. The number of esters is 2. The molecule has 2 saturated heterocycles. The second-order valence-corrected chi connectivity index (χ2v) is 14.4. The van der Waals surface area contributed by atoms with Crippen LogP contribution in [-0.4, -0.2) is 51.6 Å². The summed E-state index contributed by atoms with van der Waals surface area (Å²) in [5.74, 6) is 0.987. The van der Waals surface area contributed by atoms with Gasteiger partial charge < -0.3 is 28.4 Å². The van der Waals surface area contributed by atoms with Gasteiger partial charge in [0.1, 0.15) is 23.0 Å². The topological polar surface area (TPSA) is 89.5 Å². The van der Waals surface area contributed by atoms with Gasteiger partial charge in [-0.25, -0.2) is 9.59 Å². The Bertz CT molecular complexity index is 2130. The van der Waals surface area contributed by atoms with Crippen molar-refractivity contribution >= 4 is 33.5 Å². The van der Waals surface area contributed by atoms with Crippen molar-refractivity contribution in [1.29, 1.82) is 0 Å². The maximum atomic E-state index is 13.8. The largest absolute Gasteiger partial charge is 0.493 e. The maximum Gasteiger partial charge on any atom is 0.343 e. The van der Waals surface area contributed by atoms with Crippen molar-refractivity contribution in [2.45, 2.75) is 26.7 Å². The number of hydrogen-bond acceptors (Lipinski definition) is 8. The molecule has 6 aromatic rings. The summed E-state index contributed by atoms with van der Waals surface area (Å²) in [6, 6.07) is 37.2. The van der Waals surface area contributed by atoms with Gasteiger partial charge in [0.05, 0.1) is 61.6 Å². The van der Waals surface area contributed by atoms with Crippen LogP contribution in [0.1, 0.15) is 47.4 Å². The third-order valence-corrected chi connectivity index (χ3v) is 10.8. The van der Waals surface area contributed by atoms with Crippen molar-refractivity contribution in [3.8, 4) is 34.1 Å². The van der Waals surface area contributed by atoms with E-state index in [9.17, 15) is 9.59 Å². The number of fused-ring (bicyclic) bond motifs is 2. The molecule has 8 nitrogen and oxygen atoms in total. The highest BCUT2D eigenvalue weighted by molar-refractivity contribution is 6.11. The fourth-order valence-corrected chi connectivity index (χ4v) is 6.91. The van der Waals surface area contributed by atoms with E-state index in [1.54, 1.807) is 60.7 Å². The van der Waals surface area contributed by atoms with Gasteiger partial charge in [-0.15, -0.1) is 0 Å². The highest BCUT2D eigenvalue weighted by Gasteiger charge is 2.38. The highest BCUT2D eigenvalue weighted by atomic mass is 16.5. The van der Waals surface area contributed by atoms with Crippen LogP contribution in [-0.2, 0) is 9.47 Å². The molecule has 0 amide bonds. The smallest absolute Gasteiger partial charge is 0.343 e. The van der Waals surface area contributed by atoms with Gasteiger partial charge in [-0.1, -0.05) is 74.5 Å². The second kappa shape index (κ2) is 15.0. The molecule has 0 aliphatic carbocycles. The van der Waals surface area contributed by atoms with Crippen LogP contribution in [0.3, 0.4) is 0 Å². The van der Waals surface area contributed by atoms with Crippen LogP contribution in [0.2, 0.25) is 0 Å². The molecule has 0 bridgehead atoms. The van der Waals surface area contributed by atoms with Crippen molar-refractivity contribution in [3.05, 3.63) is 132 Å². The Kier molecular flexibility index (Phi) is 9.80. The number of carbonyl (C=O) groups excluding carboxylic acids is 2. The van der Waals surface area contributed by atoms with Crippen LogP contribution in [0.25, 0.3) is 32.7 Å². The van der Waals surface area contributed by atoms with E-state index in [0.717, 1.165) is 34.4 Å². The molecule has 0 atom stereocenters. The molecule has 2 fully saturated rings. The van der Waals surface area contributed by atoms with Gasteiger partial charge in [0, 0.05) is 11.1 Å². The minimum Gasteiger partial charge on any atom is -0.493 e. The molecule has 0 N–H and O–H groups in total. The molecule has 2 aliphatic heterocycles. The number of hydrogen-bond donors (Lipinski definition) is 0. The lowest BCUT2D eigenvalue weighted by Crippen LogP contribution is -2.46. The predicted octanol–water partition coefficient (Wildman–Crippen LogP) is 9.71. The van der Waals surface area contributed by atoms with Crippen LogP contribution in [0.15, 0.2) is 121 Å². The molecule has 6 aromatic carbocycles. The van der Waals surface area contributed by atoms with E-state index in [1.165, 1.54) is 0 Å². The van der Waals surface area contributed by atoms with Crippen molar-refractivity contribution in [3.63, 3.8) is 0 Å². The molecule has 0 aromatic heterocycles. The van der Waals surface area contributed by atoms with E-state index in [2.05, 4.69) is 13.8 Å². The molecule has 0 saturated carbocycles. The molecule has 8 rings (SSSR count). The first kappa shape index (κ1) is 35.3. The fraction of sp³-hybridized carbons (Fsp3) is 0.261. The van der Waals surface area contributed by atoms with Crippen molar-refractivity contribution in [2.75, 3.05) is 39.6 Å². The normalized spacial score (nSPS) is 15.5. The van der Waals surface area contributed by atoms with Gasteiger partial charge in [0.2, 0.25) is 0 Å². The molecular formula is C46H42O8. The molecular weight excluding hydrogens is 680 g/mol. The summed E-state index contributed by atoms with van der Waals surface area (Å²) < 4.78 is 35.4. The molecule has 0 unspecified atom stereocenters. The molecule has 54 heavy (non-hydrogen) atoms. The third kappa shape index (κ3) is 7.02. The minimum atomic E-state index is -0.522. The lowest BCUT2D eigenvalue weighted by atomic mass is 9.84. The van der Waals surface area contributed by atoms with E-state index >= 15 is 0 Å². The molecule has 0 spiro atoms. The Morgan fingerprint density at radius 1 is 0.519 bits per heavy atom. The van der Waals surface area contributed by atoms with Crippen LogP contribution in [0.5, 0.6) is 23.0 Å². The molecule has 2 aliphatic rings. The minimum absolute atomic E-state index is 0.0436. The highest BCUT2D eigenvalue weighted by Crippen LogP contribution is 2.46. The first-order chi connectivity index (χ1) is 26.4. The zero-order valence-corrected chi connectivity index (χ0v) is 30.5. The van der Waals surface area contributed by atoms with Crippen LogP contribution in [0, 0.1) is 10.8 Å². The molecule has 8 heteroatoms. The summed E-state index contributed by atoms with van der Waals surface area (Å²) >= 11 is 0. The second-order valence-electron chi connectivity index (χ2n) is 14.4. The van der Waals surface area contributed by atoms with E-state index in [4.69, 9.17) is 28.4 Å². The van der Waals surface area contributed by atoms with Crippen molar-refractivity contribution in [2.24, 2.45) is 10.8 Å². The molecule has 274 valence electrons. The molecule has 2 heterocycles. The lowest BCUT2D eigenvalue weighted by molar-refractivity contribution is -0.133. The van der Waals surface area contributed by atoms with Gasteiger partial charge in [-0.2, -0.15) is 0 Å². The molecule has 0 radical (unpaired) electrons. The van der Waals surface area contributed by atoms with Crippen LogP contribution >= 0.6 is 0 Å². The van der Waals surface area contributed by atoms with Gasteiger partial charge in [0.15, 0.2) is 0 Å². The van der Waals surface area contributed by atoms with Crippen molar-refractivity contribution in [1.82, 2.24) is 0 Å². The van der Waals surface area contributed by atoms with Gasteiger partial charge in [-0.3, -0.25) is 0 Å². The zero-order chi connectivity index (χ0) is 37.1. The third-order valence-electron chi connectivity index (χ3n) is 10.8. The average molecular weight is 723 g/mol. The average Bonchev–Trinajstić information content (AvgIpc) is 3.18. The van der Waals surface area contributed by atoms with Gasteiger partial charge in [-0.05, 0) is 95.1 Å². The quantitative estimate of drug-likeness (QED) is 0.0860. The summed E-state index contributed by atoms with van der Waals surface area (Å²) in [5, 5.41) is 3.56. The number of carbonyl (C=O) groups is 2.